The highest BCUT2D eigenvalue weighted by Crippen LogP contribution is 2.28. The molecular formula is C12H13BrO4. The van der Waals surface area contributed by atoms with E-state index in [1.165, 1.54) is 19.1 Å². The van der Waals surface area contributed by atoms with Crippen molar-refractivity contribution in [2.75, 3.05) is 6.61 Å². The molecule has 0 aromatic heterocycles. The van der Waals surface area contributed by atoms with Crippen molar-refractivity contribution in [2.45, 2.75) is 13.8 Å². The molecule has 0 aliphatic carbocycles. The highest BCUT2D eigenvalue weighted by atomic mass is 79.9. The Hall–Kier alpha value is -1.49. The lowest BCUT2D eigenvalue weighted by Gasteiger charge is -2.08. The Kier molecular flexibility index (Phi) is 4.57. The molecule has 1 aromatic rings. The normalized spacial score (nSPS) is 11.9. The third kappa shape index (κ3) is 3.23. The van der Waals surface area contributed by atoms with Gasteiger partial charge < -0.3 is 14.9 Å². The molecule has 17 heavy (non-hydrogen) atoms. The number of aliphatic hydroxyl groups excluding tert-OH is 1. The third-order valence-corrected chi connectivity index (χ3v) is 2.83. The second-order valence-electron chi connectivity index (χ2n) is 3.36. The van der Waals surface area contributed by atoms with Crippen LogP contribution in [0.4, 0.5) is 0 Å². The van der Waals surface area contributed by atoms with Crippen molar-refractivity contribution in [1.29, 1.82) is 0 Å². The second kappa shape index (κ2) is 5.72. The van der Waals surface area contributed by atoms with Gasteiger partial charge in [-0.25, -0.2) is 4.79 Å². The largest absolute Gasteiger partial charge is 0.508 e. The average molecular weight is 301 g/mol. The monoisotopic (exact) mass is 300 g/mol. The minimum atomic E-state index is -0.583. The maximum atomic E-state index is 11.4. The van der Waals surface area contributed by atoms with Crippen LogP contribution in [0.5, 0.6) is 5.75 Å². The van der Waals surface area contributed by atoms with Gasteiger partial charge in [-0.05, 0) is 32.0 Å². The van der Waals surface area contributed by atoms with Crippen molar-refractivity contribution in [1.82, 2.24) is 0 Å². The van der Waals surface area contributed by atoms with Crippen molar-refractivity contribution >= 4 is 27.7 Å². The SMILES string of the molecule is CCOC(=O)C(C)=C(O)c1cc(O)ccc1Br. The molecule has 2 N–H and O–H groups in total. The number of aromatic hydroxyl groups is 1. The number of carbonyl (C=O) groups is 1. The minimum Gasteiger partial charge on any atom is -0.508 e. The van der Waals surface area contributed by atoms with E-state index in [2.05, 4.69) is 15.9 Å². The van der Waals surface area contributed by atoms with Crippen LogP contribution in [-0.4, -0.2) is 22.8 Å². The minimum absolute atomic E-state index is 0.00593. The standard InChI is InChI=1S/C12H13BrO4/c1-3-17-12(16)7(2)11(15)9-6-8(14)4-5-10(9)13/h4-6,14-15H,3H2,1-2H3. The fraction of sp³-hybridized carbons (Fsp3) is 0.250. The van der Waals surface area contributed by atoms with Gasteiger partial charge in [0, 0.05) is 10.0 Å². The van der Waals surface area contributed by atoms with Crippen LogP contribution in [0.1, 0.15) is 19.4 Å². The fourth-order valence-corrected chi connectivity index (χ4v) is 1.67. The van der Waals surface area contributed by atoms with Crippen LogP contribution in [-0.2, 0) is 9.53 Å². The maximum Gasteiger partial charge on any atom is 0.337 e. The highest BCUT2D eigenvalue weighted by molar-refractivity contribution is 9.10. The molecule has 0 unspecified atom stereocenters. The maximum absolute atomic E-state index is 11.4. The molecule has 1 aromatic carbocycles. The Morgan fingerprint density at radius 3 is 2.71 bits per heavy atom. The number of carbonyl (C=O) groups excluding carboxylic acids is 1. The van der Waals surface area contributed by atoms with E-state index in [9.17, 15) is 15.0 Å². The van der Waals surface area contributed by atoms with Crippen molar-refractivity contribution in [3.63, 3.8) is 0 Å². The van der Waals surface area contributed by atoms with Crippen LogP contribution in [0.3, 0.4) is 0 Å². The summed E-state index contributed by atoms with van der Waals surface area (Å²) in [5.74, 6) is -0.794. The lowest BCUT2D eigenvalue weighted by molar-refractivity contribution is -0.138. The van der Waals surface area contributed by atoms with Gasteiger partial charge in [0.1, 0.15) is 11.5 Å². The first-order valence-corrected chi connectivity index (χ1v) is 5.82. The van der Waals surface area contributed by atoms with Crippen LogP contribution >= 0.6 is 15.9 Å². The van der Waals surface area contributed by atoms with Crippen LogP contribution in [0.15, 0.2) is 28.2 Å². The number of phenolic OH excluding ortho intramolecular Hbond substituents is 1. The smallest absolute Gasteiger partial charge is 0.337 e. The van der Waals surface area contributed by atoms with Crippen molar-refractivity contribution in [2.24, 2.45) is 0 Å². The molecule has 0 aliphatic heterocycles. The molecule has 0 bridgehead atoms. The summed E-state index contributed by atoms with van der Waals surface area (Å²) in [5, 5.41) is 19.3. The topological polar surface area (TPSA) is 66.8 Å². The zero-order valence-corrected chi connectivity index (χ0v) is 11.1. The number of benzene rings is 1. The number of rotatable bonds is 3. The Morgan fingerprint density at radius 1 is 1.47 bits per heavy atom. The molecule has 1 rings (SSSR count). The van der Waals surface area contributed by atoms with E-state index in [1.807, 2.05) is 0 Å². The lowest BCUT2D eigenvalue weighted by Crippen LogP contribution is -2.07. The van der Waals surface area contributed by atoms with Gasteiger partial charge in [-0.1, -0.05) is 15.9 Å². The molecule has 0 saturated heterocycles. The number of esters is 1. The van der Waals surface area contributed by atoms with Crippen LogP contribution in [0, 0.1) is 0 Å². The van der Waals surface area contributed by atoms with E-state index in [1.54, 1.807) is 13.0 Å². The summed E-state index contributed by atoms with van der Waals surface area (Å²) in [6.45, 7) is 3.39. The summed E-state index contributed by atoms with van der Waals surface area (Å²) in [6, 6.07) is 4.42. The van der Waals surface area contributed by atoms with Crippen LogP contribution in [0.2, 0.25) is 0 Å². The number of phenols is 1. The lowest BCUT2D eigenvalue weighted by atomic mass is 10.1. The van der Waals surface area contributed by atoms with Gasteiger partial charge in [-0.2, -0.15) is 0 Å². The van der Waals surface area contributed by atoms with Crippen molar-refractivity contribution < 1.29 is 19.7 Å². The van der Waals surface area contributed by atoms with E-state index in [0.717, 1.165) is 0 Å². The molecule has 0 heterocycles. The first-order chi connectivity index (χ1) is 7.97. The highest BCUT2D eigenvalue weighted by Gasteiger charge is 2.15. The van der Waals surface area contributed by atoms with Gasteiger partial charge >= 0.3 is 5.97 Å². The predicted molar refractivity (Wildman–Crippen MR) is 67.7 cm³/mol. The quantitative estimate of drug-likeness (QED) is 0.511. The number of aliphatic hydroxyl groups is 1. The van der Waals surface area contributed by atoms with E-state index >= 15 is 0 Å². The second-order valence-corrected chi connectivity index (χ2v) is 4.21. The first kappa shape index (κ1) is 13.6. The van der Waals surface area contributed by atoms with Crippen molar-refractivity contribution in [3.8, 4) is 5.75 Å². The molecule has 92 valence electrons. The summed E-state index contributed by atoms with van der Waals surface area (Å²) in [6.07, 6.45) is 0. The van der Waals surface area contributed by atoms with Gasteiger partial charge in [0.2, 0.25) is 0 Å². The Bertz CT molecular complexity index is 466. The molecule has 5 heteroatoms. The molecule has 4 nitrogen and oxygen atoms in total. The molecule has 0 radical (unpaired) electrons. The molecule has 0 amide bonds. The summed E-state index contributed by atoms with van der Waals surface area (Å²) in [7, 11) is 0. The van der Waals surface area contributed by atoms with Crippen LogP contribution in [0.25, 0.3) is 5.76 Å². The van der Waals surface area contributed by atoms with E-state index in [4.69, 9.17) is 4.74 Å². The zero-order valence-electron chi connectivity index (χ0n) is 9.53. The van der Waals surface area contributed by atoms with Crippen molar-refractivity contribution in [3.05, 3.63) is 33.8 Å². The molecule has 0 saturated carbocycles. The summed E-state index contributed by atoms with van der Waals surface area (Å²) in [4.78, 5) is 11.4. The number of ether oxygens (including phenoxy) is 1. The van der Waals surface area contributed by atoms with E-state index in [0.29, 0.717) is 10.0 Å². The first-order valence-electron chi connectivity index (χ1n) is 5.03. The molecule has 0 atom stereocenters. The van der Waals surface area contributed by atoms with E-state index in [-0.39, 0.29) is 23.7 Å². The zero-order chi connectivity index (χ0) is 13.0. The molecular weight excluding hydrogens is 288 g/mol. The Morgan fingerprint density at radius 2 is 2.12 bits per heavy atom. The summed E-state index contributed by atoms with van der Waals surface area (Å²) < 4.78 is 5.36. The molecule has 0 fully saturated rings. The molecule has 0 aliphatic rings. The van der Waals surface area contributed by atoms with Crippen LogP contribution < -0.4 is 0 Å². The fourth-order valence-electron chi connectivity index (χ4n) is 1.23. The van der Waals surface area contributed by atoms with Gasteiger partial charge in [-0.3, -0.25) is 0 Å². The Labute approximate surface area is 108 Å². The van der Waals surface area contributed by atoms with Gasteiger partial charge in [0.25, 0.3) is 0 Å². The van der Waals surface area contributed by atoms with Gasteiger partial charge in [0.05, 0.1) is 12.2 Å². The average Bonchev–Trinajstić information content (AvgIpc) is 2.30. The number of halogens is 1. The third-order valence-electron chi connectivity index (χ3n) is 2.14. The number of hydrogen-bond acceptors (Lipinski definition) is 4. The molecule has 0 spiro atoms. The van der Waals surface area contributed by atoms with Gasteiger partial charge in [-0.15, -0.1) is 0 Å². The Balaban J connectivity index is 3.18. The van der Waals surface area contributed by atoms with E-state index < -0.39 is 5.97 Å². The van der Waals surface area contributed by atoms with Gasteiger partial charge in [0.15, 0.2) is 0 Å². The predicted octanol–water partition coefficient (Wildman–Crippen LogP) is 3.01. The number of hydrogen-bond donors (Lipinski definition) is 2. The summed E-state index contributed by atoms with van der Waals surface area (Å²) >= 11 is 3.23. The summed E-state index contributed by atoms with van der Waals surface area (Å²) in [5.41, 5.74) is 0.439.